The summed E-state index contributed by atoms with van der Waals surface area (Å²) in [5, 5.41) is 7.85. The van der Waals surface area contributed by atoms with Crippen LogP contribution in [0.25, 0.3) is 0 Å². The van der Waals surface area contributed by atoms with E-state index in [4.69, 9.17) is 4.74 Å². The standard InChI is InChI=1S/C19H25N5O3.ClH/c1-27-18(25)7-11-23(14-15-4-9-20-10-5-15)19(26)17-6-12-24(22-17)16-3-2-8-21-13-16;/h4-6,9-10,12,16,21H,2-3,7-8,11,13-14H2,1H3;1H. The monoisotopic (exact) mass is 407 g/mol. The fraction of sp³-hybridized carbons (Fsp3) is 0.474. The fourth-order valence-corrected chi connectivity index (χ4v) is 3.17. The Morgan fingerprint density at radius 1 is 1.32 bits per heavy atom. The van der Waals surface area contributed by atoms with Crippen molar-refractivity contribution in [3.05, 3.63) is 48.0 Å². The van der Waals surface area contributed by atoms with E-state index < -0.39 is 0 Å². The van der Waals surface area contributed by atoms with E-state index in [9.17, 15) is 9.59 Å². The van der Waals surface area contributed by atoms with Gasteiger partial charge in [0.15, 0.2) is 0 Å². The van der Waals surface area contributed by atoms with Gasteiger partial charge in [-0.1, -0.05) is 0 Å². The van der Waals surface area contributed by atoms with Crippen LogP contribution < -0.4 is 5.32 Å². The molecule has 8 nitrogen and oxygen atoms in total. The van der Waals surface area contributed by atoms with Crippen LogP contribution in [-0.4, -0.2) is 58.3 Å². The molecule has 2 aromatic heterocycles. The van der Waals surface area contributed by atoms with Crippen molar-refractivity contribution in [2.24, 2.45) is 0 Å². The molecule has 3 heterocycles. The SMILES string of the molecule is COC(=O)CCN(Cc1ccncc1)C(=O)c1ccn(C2CCCNC2)n1.Cl. The van der Waals surface area contributed by atoms with Crippen LogP contribution in [0.5, 0.6) is 0 Å². The van der Waals surface area contributed by atoms with Gasteiger partial charge < -0.3 is 15.0 Å². The molecule has 1 aliphatic rings. The number of carbonyl (C=O) groups excluding carboxylic acids is 2. The molecular formula is C19H26ClN5O3. The maximum absolute atomic E-state index is 13.0. The van der Waals surface area contributed by atoms with Crippen LogP contribution in [0.2, 0.25) is 0 Å². The molecule has 1 amide bonds. The molecule has 0 aliphatic carbocycles. The Kier molecular flexibility index (Phi) is 8.41. The van der Waals surface area contributed by atoms with E-state index in [0.29, 0.717) is 12.2 Å². The van der Waals surface area contributed by atoms with Crippen LogP contribution in [0.1, 0.15) is 41.4 Å². The molecule has 1 saturated heterocycles. The predicted octanol–water partition coefficient (Wildman–Crippen LogP) is 1.83. The lowest BCUT2D eigenvalue weighted by Gasteiger charge is -2.23. The number of ether oxygens (including phenoxy) is 1. The summed E-state index contributed by atoms with van der Waals surface area (Å²) in [4.78, 5) is 30.2. The van der Waals surface area contributed by atoms with Gasteiger partial charge in [0.25, 0.3) is 5.91 Å². The molecule has 0 spiro atoms. The van der Waals surface area contributed by atoms with Gasteiger partial charge in [0.1, 0.15) is 5.69 Å². The number of halogens is 1. The first-order valence-electron chi connectivity index (χ1n) is 9.18. The minimum absolute atomic E-state index is 0. The quantitative estimate of drug-likeness (QED) is 0.704. The van der Waals surface area contributed by atoms with E-state index in [2.05, 4.69) is 15.4 Å². The molecule has 2 aromatic rings. The van der Waals surface area contributed by atoms with Gasteiger partial charge in [0.05, 0.1) is 19.6 Å². The van der Waals surface area contributed by atoms with E-state index in [1.54, 1.807) is 23.4 Å². The molecule has 152 valence electrons. The normalized spacial score (nSPS) is 16.1. The first-order chi connectivity index (χ1) is 13.2. The van der Waals surface area contributed by atoms with Crippen LogP contribution in [0.4, 0.5) is 0 Å². The number of rotatable bonds is 7. The van der Waals surface area contributed by atoms with Crippen molar-refractivity contribution in [2.45, 2.75) is 31.8 Å². The van der Waals surface area contributed by atoms with Gasteiger partial charge in [0.2, 0.25) is 0 Å². The third-order valence-electron chi connectivity index (χ3n) is 4.70. The third kappa shape index (κ3) is 5.77. The Balaban J connectivity index is 0.00000280. The summed E-state index contributed by atoms with van der Waals surface area (Å²) >= 11 is 0. The number of nitrogens with one attached hydrogen (secondary N) is 1. The zero-order chi connectivity index (χ0) is 19.1. The van der Waals surface area contributed by atoms with E-state index >= 15 is 0 Å². The molecule has 0 saturated carbocycles. The molecule has 1 fully saturated rings. The topological polar surface area (TPSA) is 89.4 Å². The van der Waals surface area contributed by atoms with Crippen molar-refractivity contribution in [3.63, 3.8) is 0 Å². The van der Waals surface area contributed by atoms with Crippen LogP contribution >= 0.6 is 12.4 Å². The fourth-order valence-electron chi connectivity index (χ4n) is 3.17. The van der Waals surface area contributed by atoms with E-state index in [1.165, 1.54) is 7.11 Å². The second-order valence-electron chi connectivity index (χ2n) is 6.59. The molecule has 1 unspecified atom stereocenters. The maximum Gasteiger partial charge on any atom is 0.307 e. The number of piperidine rings is 1. The van der Waals surface area contributed by atoms with Crippen molar-refractivity contribution >= 4 is 24.3 Å². The molecule has 0 bridgehead atoms. The first kappa shape index (κ1) is 21.8. The summed E-state index contributed by atoms with van der Waals surface area (Å²) in [5.74, 6) is -0.542. The summed E-state index contributed by atoms with van der Waals surface area (Å²) in [7, 11) is 1.34. The number of amides is 1. The van der Waals surface area contributed by atoms with E-state index in [-0.39, 0.29) is 43.3 Å². The number of aromatic nitrogens is 3. The first-order valence-corrected chi connectivity index (χ1v) is 9.18. The highest BCUT2D eigenvalue weighted by Crippen LogP contribution is 2.17. The van der Waals surface area contributed by atoms with Crippen molar-refractivity contribution in [2.75, 3.05) is 26.7 Å². The number of hydrogen-bond donors (Lipinski definition) is 1. The summed E-state index contributed by atoms with van der Waals surface area (Å²) in [6, 6.07) is 5.72. The highest BCUT2D eigenvalue weighted by Gasteiger charge is 2.22. The summed E-state index contributed by atoms with van der Waals surface area (Å²) in [6.07, 6.45) is 7.51. The summed E-state index contributed by atoms with van der Waals surface area (Å²) in [6.45, 7) is 2.54. The second-order valence-corrected chi connectivity index (χ2v) is 6.59. The Morgan fingerprint density at radius 3 is 2.79 bits per heavy atom. The number of pyridine rings is 1. The molecule has 1 N–H and O–H groups in total. The Labute approximate surface area is 170 Å². The molecule has 3 rings (SSSR count). The zero-order valence-corrected chi connectivity index (χ0v) is 16.7. The maximum atomic E-state index is 13.0. The highest BCUT2D eigenvalue weighted by molar-refractivity contribution is 5.92. The largest absolute Gasteiger partial charge is 0.469 e. The molecule has 9 heteroatoms. The molecule has 0 radical (unpaired) electrons. The van der Waals surface area contributed by atoms with Gasteiger partial charge in [-0.25, -0.2) is 0 Å². The third-order valence-corrected chi connectivity index (χ3v) is 4.70. The van der Waals surface area contributed by atoms with Gasteiger partial charge in [-0.05, 0) is 43.1 Å². The Morgan fingerprint density at radius 2 is 2.11 bits per heavy atom. The zero-order valence-electron chi connectivity index (χ0n) is 15.9. The lowest BCUT2D eigenvalue weighted by atomic mass is 10.1. The molecule has 1 aliphatic heterocycles. The van der Waals surface area contributed by atoms with E-state index in [1.807, 2.05) is 23.0 Å². The average molecular weight is 408 g/mol. The molecule has 1 atom stereocenters. The van der Waals surface area contributed by atoms with E-state index in [0.717, 1.165) is 31.5 Å². The Bertz CT molecular complexity index is 762. The van der Waals surface area contributed by atoms with Crippen LogP contribution in [-0.2, 0) is 16.1 Å². The van der Waals surface area contributed by atoms with Crippen molar-refractivity contribution in [3.8, 4) is 0 Å². The van der Waals surface area contributed by atoms with Crippen LogP contribution in [0, 0.1) is 0 Å². The van der Waals surface area contributed by atoms with Gasteiger partial charge in [-0.15, -0.1) is 12.4 Å². The second kappa shape index (κ2) is 10.8. The van der Waals surface area contributed by atoms with Crippen molar-refractivity contribution < 1.29 is 14.3 Å². The number of esters is 1. The summed E-state index contributed by atoms with van der Waals surface area (Å²) in [5.41, 5.74) is 1.33. The lowest BCUT2D eigenvalue weighted by Crippen LogP contribution is -2.34. The van der Waals surface area contributed by atoms with Crippen LogP contribution in [0.15, 0.2) is 36.8 Å². The molecule has 0 aromatic carbocycles. The summed E-state index contributed by atoms with van der Waals surface area (Å²) < 4.78 is 6.57. The van der Waals surface area contributed by atoms with Gasteiger partial charge >= 0.3 is 5.97 Å². The predicted molar refractivity (Wildman–Crippen MR) is 106 cm³/mol. The van der Waals surface area contributed by atoms with Crippen LogP contribution in [0.3, 0.4) is 0 Å². The number of carbonyl (C=O) groups is 2. The minimum atomic E-state index is -0.346. The van der Waals surface area contributed by atoms with Crippen molar-refractivity contribution in [1.29, 1.82) is 0 Å². The minimum Gasteiger partial charge on any atom is -0.469 e. The molecule has 28 heavy (non-hydrogen) atoms. The number of hydrogen-bond acceptors (Lipinski definition) is 6. The van der Waals surface area contributed by atoms with Gasteiger partial charge in [0, 0.05) is 38.2 Å². The van der Waals surface area contributed by atoms with Gasteiger partial charge in [-0.2, -0.15) is 5.10 Å². The highest BCUT2D eigenvalue weighted by atomic mass is 35.5. The smallest absolute Gasteiger partial charge is 0.307 e. The lowest BCUT2D eigenvalue weighted by molar-refractivity contribution is -0.140. The Hall–Kier alpha value is -2.45. The number of nitrogens with zero attached hydrogens (tertiary/aromatic N) is 4. The molecular weight excluding hydrogens is 382 g/mol. The van der Waals surface area contributed by atoms with Gasteiger partial charge in [-0.3, -0.25) is 19.3 Å². The van der Waals surface area contributed by atoms with Crippen molar-refractivity contribution in [1.82, 2.24) is 25.0 Å². The average Bonchev–Trinajstić information content (AvgIpc) is 3.22. The number of methoxy groups -OCH3 is 1.